The molecule has 0 saturated heterocycles. The van der Waals surface area contributed by atoms with Gasteiger partial charge in [0.1, 0.15) is 23.9 Å². The number of anilines is 1. The Morgan fingerprint density at radius 2 is 1.79 bits per heavy atom. The first-order valence-electron chi connectivity index (χ1n) is 8.89. The number of hydrogen-bond acceptors (Lipinski definition) is 5. The molecule has 29 heavy (non-hydrogen) atoms. The third kappa shape index (κ3) is 4.85. The summed E-state index contributed by atoms with van der Waals surface area (Å²) in [6.07, 6.45) is 0. The van der Waals surface area contributed by atoms with E-state index < -0.39 is 0 Å². The Labute approximate surface area is 169 Å². The molecule has 0 spiro atoms. The largest absolute Gasteiger partial charge is 0.497 e. The van der Waals surface area contributed by atoms with Gasteiger partial charge >= 0.3 is 0 Å². The highest BCUT2D eigenvalue weighted by Gasteiger charge is 2.12. The van der Waals surface area contributed by atoms with E-state index >= 15 is 0 Å². The van der Waals surface area contributed by atoms with Crippen LogP contribution in [0.15, 0.2) is 66.7 Å². The van der Waals surface area contributed by atoms with Gasteiger partial charge in [0.05, 0.1) is 31.5 Å². The average Bonchev–Trinajstić information content (AvgIpc) is 2.78. The third-order valence-electron chi connectivity index (χ3n) is 4.29. The second-order valence-electron chi connectivity index (χ2n) is 6.11. The predicted octanol–water partition coefficient (Wildman–Crippen LogP) is 4.41. The number of nitrogens with one attached hydrogen (secondary N) is 1. The summed E-state index contributed by atoms with van der Waals surface area (Å²) in [5.41, 5.74) is 2.32. The molecule has 0 aliphatic rings. The molecule has 1 N–H and O–H groups in total. The van der Waals surface area contributed by atoms with Crippen LogP contribution in [0.2, 0.25) is 0 Å². The van der Waals surface area contributed by atoms with Crippen LogP contribution in [0, 0.1) is 11.3 Å². The maximum atomic E-state index is 12.7. The maximum Gasteiger partial charge on any atom is 0.255 e. The molecule has 1 amide bonds. The second kappa shape index (κ2) is 9.29. The van der Waals surface area contributed by atoms with E-state index in [1.54, 1.807) is 61.7 Å². The fraction of sp³-hybridized carbons (Fsp3) is 0.130. The molecule has 3 rings (SSSR count). The number of amides is 1. The van der Waals surface area contributed by atoms with Crippen molar-refractivity contribution in [3.8, 4) is 23.3 Å². The van der Waals surface area contributed by atoms with Crippen LogP contribution in [0.1, 0.15) is 21.5 Å². The number of rotatable bonds is 7. The fourth-order valence-corrected chi connectivity index (χ4v) is 2.74. The fourth-order valence-electron chi connectivity index (χ4n) is 2.74. The minimum absolute atomic E-state index is 0.237. The van der Waals surface area contributed by atoms with Crippen molar-refractivity contribution in [2.24, 2.45) is 0 Å². The lowest BCUT2D eigenvalue weighted by molar-refractivity contribution is 0.102. The molecule has 6 heteroatoms. The molecule has 6 nitrogen and oxygen atoms in total. The minimum Gasteiger partial charge on any atom is -0.497 e. The molecule has 0 atom stereocenters. The number of nitrogens with zero attached hydrogens (tertiary/aromatic N) is 1. The Bertz CT molecular complexity index is 1060. The standard InChI is InChI=1S/C23H20N2O4/c1-27-19-10-11-21(22(13-19)28-2)25-23(26)16-8-5-9-20(12-16)29-15-18-7-4-3-6-17(18)14-24/h3-13H,15H2,1-2H3,(H,25,26). The van der Waals surface area contributed by atoms with Crippen molar-refractivity contribution in [3.05, 3.63) is 83.4 Å². The highest BCUT2D eigenvalue weighted by molar-refractivity contribution is 6.05. The van der Waals surface area contributed by atoms with E-state index in [9.17, 15) is 10.1 Å². The summed E-state index contributed by atoms with van der Waals surface area (Å²) < 4.78 is 16.3. The highest BCUT2D eigenvalue weighted by atomic mass is 16.5. The monoisotopic (exact) mass is 388 g/mol. The Morgan fingerprint density at radius 1 is 0.966 bits per heavy atom. The van der Waals surface area contributed by atoms with Crippen LogP contribution in [0.4, 0.5) is 5.69 Å². The van der Waals surface area contributed by atoms with Crippen molar-refractivity contribution in [1.29, 1.82) is 5.26 Å². The predicted molar refractivity (Wildman–Crippen MR) is 109 cm³/mol. The van der Waals surface area contributed by atoms with Crippen LogP contribution in [0.5, 0.6) is 17.2 Å². The van der Waals surface area contributed by atoms with Gasteiger partial charge in [-0.1, -0.05) is 24.3 Å². The van der Waals surface area contributed by atoms with E-state index in [2.05, 4.69) is 11.4 Å². The van der Waals surface area contributed by atoms with Crippen molar-refractivity contribution in [2.75, 3.05) is 19.5 Å². The first-order chi connectivity index (χ1) is 14.1. The molecule has 0 radical (unpaired) electrons. The molecule has 0 aromatic heterocycles. The first kappa shape index (κ1) is 19.8. The molecule has 0 heterocycles. The van der Waals surface area contributed by atoms with Gasteiger partial charge < -0.3 is 19.5 Å². The summed E-state index contributed by atoms with van der Waals surface area (Å²) in [7, 11) is 3.09. The molecule has 0 aliphatic carbocycles. The molecule has 0 unspecified atom stereocenters. The summed E-state index contributed by atoms with van der Waals surface area (Å²) in [6, 6.07) is 21.4. The van der Waals surface area contributed by atoms with Crippen molar-refractivity contribution in [1.82, 2.24) is 0 Å². The lowest BCUT2D eigenvalue weighted by Gasteiger charge is -2.12. The normalized spacial score (nSPS) is 9.97. The lowest BCUT2D eigenvalue weighted by atomic mass is 10.1. The van der Waals surface area contributed by atoms with Gasteiger partial charge in [-0.25, -0.2) is 0 Å². The van der Waals surface area contributed by atoms with Crippen LogP contribution < -0.4 is 19.5 Å². The molecule has 146 valence electrons. The number of carbonyl (C=O) groups is 1. The van der Waals surface area contributed by atoms with Gasteiger partial charge in [-0.3, -0.25) is 4.79 Å². The molecule has 0 fully saturated rings. The van der Waals surface area contributed by atoms with Crippen molar-refractivity contribution in [3.63, 3.8) is 0 Å². The highest BCUT2D eigenvalue weighted by Crippen LogP contribution is 2.29. The minimum atomic E-state index is -0.295. The number of nitriles is 1. The van der Waals surface area contributed by atoms with E-state index in [0.29, 0.717) is 34.1 Å². The SMILES string of the molecule is COc1ccc(NC(=O)c2cccc(OCc3ccccc3C#N)c2)c(OC)c1. The number of carbonyl (C=O) groups excluding carboxylic acids is 1. The van der Waals surface area contributed by atoms with Crippen molar-refractivity contribution in [2.45, 2.75) is 6.61 Å². The van der Waals surface area contributed by atoms with Crippen molar-refractivity contribution < 1.29 is 19.0 Å². The molecule has 0 bridgehead atoms. The van der Waals surface area contributed by atoms with Crippen LogP contribution in [-0.2, 0) is 6.61 Å². The van der Waals surface area contributed by atoms with Gasteiger partial charge in [-0.2, -0.15) is 5.26 Å². The maximum absolute atomic E-state index is 12.7. The molecule has 3 aromatic carbocycles. The topological polar surface area (TPSA) is 80.6 Å². The zero-order valence-electron chi connectivity index (χ0n) is 16.1. The van der Waals surface area contributed by atoms with E-state index in [-0.39, 0.29) is 12.5 Å². The van der Waals surface area contributed by atoms with Crippen molar-refractivity contribution >= 4 is 11.6 Å². The van der Waals surface area contributed by atoms with Crippen LogP contribution in [0.3, 0.4) is 0 Å². The molecular weight excluding hydrogens is 368 g/mol. The van der Waals surface area contributed by atoms with Gasteiger partial charge in [-0.05, 0) is 36.4 Å². The summed E-state index contributed by atoms with van der Waals surface area (Å²) >= 11 is 0. The zero-order valence-corrected chi connectivity index (χ0v) is 16.1. The first-order valence-corrected chi connectivity index (χ1v) is 8.89. The Morgan fingerprint density at radius 3 is 2.55 bits per heavy atom. The zero-order chi connectivity index (χ0) is 20.6. The van der Waals surface area contributed by atoms with E-state index in [4.69, 9.17) is 14.2 Å². The Balaban J connectivity index is 1.72. The molecule has 0 saturated carbocycles. The number of methoxy groups -OCH3 is 2. The van der Waals surface area contributed by atoms with Gasteiger partial charge in [0.15, 0.2) is 0 Å². The Kier molecular flexibility index (Phi) is 6.33. The van der Waals surface area contributed by atoms with Gasteiger partial charge in [0.2, 0.25) is 0 Å². The van der Waals surface area contributed by atoms with Gasteiger partial charge in [0, 0.05) is 17.2 Å². The smallest absolute Gasteiger partial charge is 0.255 e. The molecular formula is C23H20N2O4. The lowest BCUT2D eigenvalue weighted by Crippen LogP contribution is -2.13. The van der Waals surface area contributed by atoms with Gasteiger partial charge in [-0.15, -0.1) is 0 Å². The Hall–Kier alpha value is -3.98. The van der Waals surface area contributed by atoms with E-state index in [1.807, 2.05) is 12.1 Å². The summed E-state index contributed by atoms with van der Waals surface area (Å²) in [6.45, 7) is 0.237. The van der Waals surface area contributed by atoms with E-state index in [0.717, 1.165) is 5.56 Å². The molecule has 0 aliphatic heterocycles. The van der Waals surface area contributed by atoms with Crippen LogP contribution in [0.25, 0.3) is 0 Å². The van der Waals surface area contributed by atoms with Crippen LogP contribution in [-0.4, -0.2) is 20.1 Å². The quantitative estimate of drug-likeness (QED) is 0.649. The second-order valence-corrected chi connectivity index (χ2v) is 6.11. The number of hydrogen-bond donors (Lipinski definition) is 1. The number of benzene rings is 3. The third-order valence-corrected chi connectivity index (χ3v) is 4.29. The summed E-state index contributed by atoms with van der Waals surface area (Å²) in [4.78, 5) is 12.7. The summed E-state index contributed by atoms with van der Waals surface area (Å²) in [5, 5.41) is 12.0. The average molecular weight is 388 g/mol. The van der Waals surface area contributed by atoms with Gasteiger partial charge in [0.25, 0.3) is 5.91 Å². The van der Waals surface area contributed by atoms with Crippen LogP contribution >= 0.6 is 0 Å². The summed E-state index contributed by atoms with van der Waals surface area (Å²) in [5.74, 6) is 1.37. The number of ether oxygens (including phenoxy) is 3. The molecule has 3 aromatic rings. The van der Waals surface area contributed by atoms with E-state index in [1.165, 1.54) is 7.11 Å².